The highest BCUT2D eigenvalue weighted by Crippen LogP contribution is 2.24. The third kappa shape index (κ3) is 3.82. The number of hydrogen-bond acceptors (Lipinski definition) is 5. The van der Waals surface area contributed by atoms with Crippen molar-refractivity contribution in [1.29, 1.82) is 0 Å². The van der Waals surface area contributed by atoms with Gasteiger partial charge in [0.15, 0.2) is 0 Å². The largest absolute Gasteiger partial charge is 0.306 e. The Hall–Kier alpha value is -1.51. The van der Waals surface area contributed by atoms with E-state index in [0.717, 1.165) is 25.9 Å². The molecule has 1 fully saturated rings. The van der Waals surface area contributed by atoms with Gasteiger partial charge in [-0.05, 0) is 33.0 Å². The van der Waals surface area contributed by atoms with Crippen LogP contribution < -0.4 is 0 Å². The lowest BCUT2D eigenvalue weighted by molar-refractivity contribution is -0.385. The average molecular weight is 327 g/mol. The highest BCUT2D eigenvalue weighted by atomic mass is 32.2. The number of nitrogens with zero attached hydrogens (tertiary/aromatic N) is 3. The van der Waals surface area contributed by atoms with Crippen LogP contribution in [-0.2, 0) is 15.8 Å². The Labute approximate surface area is 130 Å². The predicted octanol–water partition coefficient (Wildman–Crippen LogP) is 1.45. The Morgan fingerprint density at radius 1 is 1.32 bits per heavy atom. The molecule has 8 heteroatoms. The smallest absolute Gasteiger partial charge is 0.273 e. The van der Waals surface area contributed by atoms with E-state index in [9.17, 15) is 18.5 Å². The summed E-state index contributed by atoms with van der Waals surface area (Å²) in [6.45, 7) is 1.71. The summed E-state index contributed by atoms with van der Waals surface area (Å²) in [4.78, 5) is 12.6. The number of sulfonamides is 1. The Balaban J connectivity index is 2.16. The SMILES string of the molecule is CN1CCC(N(C)S(=O)(=O)Cc2ccccc2[N+](=O)[O-])CC1. The summed E-state index contributed by atoms with van der Waals surface area (Å²) < 4.78 is 26.5. The van der Waals surface area contributed by atoms with Crippen molar-refractivity contribution in [1.82, 2.24) is 9.21 Å². The van der Waals surface area contributed by atoms with Crippen LogP contribution in [0.5, 0.6) is 0 Å². The van der Waals surface area contributed by atoms with Crippen molar-refractivity contribution in [2.45, 2.75) is 24.6 Å². The zero-order valence-electron chi connectivity index (χ0n) is 12.8. The van der Waals surface area contributed by atoms with Gasteiger partial charge < -0.3 is 4.90 Å². The van der Waals surface area contributed by atoms with Crippen molar-refractivity contribution >= 4 is 15.7 Å². The molecule has 22 heavy (non-hydrogen) atoms. The molecule has 1 aliphatic rings. The van der Waals surface area contributed by atoms with E-state index in [0.29, 0.717) is 0 Å². The van der Waals surface area contributed by atoms with Gasteiger partial charge in [-0.2, -0.15) is 0 Å². The predicted molar refractivity (Wildman–Crippen MR) is 84.0 cm³/mol. The lowest BCUT2D eigenvalue weighted by atomic mass is 10.1. The molecule has 1 heterocycles. The molecule has 0 radical (unpaired) electrons. The van der Waals surface area contributed by atoms with Crippen LogP contribution in [0.3, 0.4) is 0 Å². The lowest BCUT2D eigenvalue weighted by Crippen LogP contribution is -2.44. The minimum atomic E-state index is -3.58. The number of hydrogen-bond donors (Lipinski definition) is 0. The van der Waals surface area contributed by atoms with Gasteiger partial charge in [-0.15, -0.1) is 0 Å². The number of benzene rings is 1. The third-order valence-electron chi connectivity index (χ3n) is 4.17. The monoisotopic (exact) mass is 327 g/mol. The fraction of sp³-hybridized carbons (Fsp3) is 0.571. The molecule has 0 atom stereocenters. The van der Waals surface area contributed by atoms with Crippen molar-refractivity contribution < 1.29 is 13.3 Å². The number of nitro benzene ring substituents is 1. The summed E-state index contributed by atoms with van der Waals surface area (Å²) in [7, 11) is 0.00540. The van der Waals surface area contributed by atoms with Crippen molar-refractivity contribution in [3.8, 4) is 0 Å². The standard InChI is InChI=1S/C14H21N3O4S/c1-15-9-7-13(8-10-15)16(2)22(20,21)11-12-5-3-4-6-14(12)17(18)19/h3-6,13H,7-11H2,1-2H3. The Morgan fingerprint density at radius 2 is 1.91 bits per heavy atom. The highest BCUT2D eigenvalue weighted by Gasteiger charge is 2.30. The van der Waals surface area contributed by atoms with E-state index >= 15 is 0 Å². The molecule has 7 nitrogen and oxygen atoms in total. The Kier molecular flexibility index (Phi) is 5.15. The van der Waals surface area contributed by atoms with Crippen LogP contribution in [-0.4, -0.2) is 55.8 Å². The highest BCUT2D eigenvalue weighted by molar-refractivity contribution is 7.88. The van der Waals surface area contributed by atoms with Gasteiger partial charge in [0.1, 0.15) is 0 Å². The van der Waals surface area contributed by atoms with Crippen molar-refractivity contribution in [3.05, 3.63) is 39.9 Å². The van der Waals surface area contributed by atoms with Gasteiger partial charge in [0.25, 0.3) is 5.69 Å². The summed E-state index contributed by atoms with van der Waals surface area (Å²) >= 11 is 0. The fourth-order valence-electron chi connectivity index (χ4n) is 2.70. The maximum absolute atomic E-state index is 12.5. The number of nitro groups is 1. The normalized spacial score (nSPS) is 17.8. The second-order valence-electron chi connectivity index (χ2n) is 5.69. The zero-order valence-corrected chi connectivity index (χ0v) is 13.6. The molecule has 122 valence electrons. The van der Waals surface area contributed by atoms with Crippen molar-refractivity contribution in [3.63, 3.8) is 0 Å². The average Bonchev–Trinajstić information content (AvgIpc) is 2.47. The van der Waals surface area contributed by atoms with Crippen molar-refractivity contribution in [2.75, 3.05) is 27.2 Å². The molecule has 0 aliphatic carbocycles. The van der Waals surface area contributed by atoms with Gasteiger partial charge in [-0.3, -0.25) is 10.1 Å². The molecule has 0 saturated carbocycles. The van der Waals surface area contributed by atoms with Crippen molar-refractivity contribution in [2.24, 2.45) is 0 Å². The first-order chi connectivity index (χ1) is 10.3. The molecule has 2 rings (SSSR count). The van der Waals surface area contributed by atoms with Crippen LogP contribution in [0.1, 0.15) is 18.4 Å². The van der Waals surface area contributed by atoms with Crippen LogP contribution in [0.4, 0.5) is 5.69 Å². The maximum atomic E-state index is 12.5. The molecular formula is C14H21N3O4S. The maximum Gasteiger partial charge on any atom is 0.273 e. The molecule has 0 unspecified atom stereocenters. The van der Waals surface area contributed by atoms with E-state index in [1.807, 2.05) is 7.05 Å². The van der Waals surface area contributed by atoms with Gasteiger partial charge >= 0.3 is 0 Å². The van der Waals surface area contributed by atoms with Crippen LogP contribution in [0.25, 0.3) is 0 Å². The molecule has 0 N–H and O–H groups in total. The number of piperidine rings is 1. The first kappa shape index (κ1) is 16.9. The minimum Gasteiger partial charge on any atom is -0.306 e. The summed E-state index contributed by atoms with van der Waals surface area (Å²) in [5.41, 5.74) is 0.0788. The number of rotatable bonds is 5. The number of para-hydroxylation sites is 1. The van der Waals surface area contributed by atoms with Gasteiger partial charge in [0.2, 0.25) is 10.0 Å². The van der Waals surface area contributed by atoms with E-state index in [1.54, 1.807) is 13.1 Å². The Morgan fingerprint density at radius 3 is 2.50 bits per heavy atom. The summed E-state index contributed by atoms with van der Waals surface area (Å²) in [6, 6.07) is 5.95. The summed E-state index contributed by atoms with van der Waals surface area (Å²) in [5.74, 6) is -0.340. The quantitative estimate of drug-likeness (QED) is 0.604. The summed E-state index contributed by atoms with van der Waals surface area (Å²) in [6.07, 6.45) is 1.56. The van der Waals surface area contributed by atoms with Crippen LogP contribution in [0.2, 0.25) is 0 Å². The van der Waals surface area contributed by atoms with Crippen LogP contribution in [0, 0.1) is 10.1 Å². The van der Waals surface area contributed by atoms with E-state index in [2.05, 4.69) is 4.90 Å². The second kappa shape index (κ2) is 6.72. The molecular weight excluding hydrogens is 306 g/mol. The second-order valence-corrected chi connectivity index (χ2v) is 7.72. The molecule has 0 amide bonds. The first-order valence-electron chi connectivity index (χ1n) is 7.18. The van der Waals surface area contributed by atoms with E-state index in [4.69, 9.17) is 0 Å². The van der Waals surface area contributed by atoms with Gasteiger partial charge in [-0.25, -0.2) is 12.7 Å². The molecule has 1 aromatic carbocycles. The fourth-order valence-corrected chi connectivity index (χ4v) is 4.20. The van der Waals surface area contributed by atoms with Gasteiger partial charge in [-0.1, -0.05) is 18.2 Å². The third-order valence-corrected chi connectivity index (χ3v) is 6.02. The van der Waals surface area contributed by atoms with E-state index in [1.165, 1.54) is 22.5 Å². The van der Waals surface area contributed by atoms with Crippen LogP contribution >= 0.6 is 0 Å². The van der Waals surface area contributed by atoms with E-state index in [-0.39, 0.29) is 23.0 Å². The minimum absolute atomic E-state index is 0.0380. The number of likely N-dealkylation sites (tertiary alicyclic amines) is 1. The molecule has 0 spiro atoms. The summed E-state index contributed by atoms with van der Waals surface area (Å²) in [5, 5.41) is 11.0. The first-order valence-corrected chi connectivity index (χ1v) is 8.78. The molecule has 0 aromatic heterocycles. The van der Waals surface area contributed by atoms with Gasteiger partial charge in [0, 0.05) is 24.7 Å². The van der Waals surface area contributed by atoms with E-state index < -0.39 is 14.9 Å². The van der Waals surface area contributed by atoms with Crippen LogP contribution in [0.15, 0.2) is 24.3 Å². The Bertz CT molecular complexity index is 639. The topological polar surface area (TPSA) is 83.8 Å². The molecule has 1 aromatic rings. The molecule has 0 bridgehead atoms. The molecule has 1 aliphatic heterocycles. The zero-order chi connectivity index (χ0) is 16.3. The lowest BCUT2D eigenvalue weighted by Gasteiger charge is -2.34. The molecule has 1 saturated heterocycles. The van der Waals surface area contributed by atoms with Gasteiger partial charge in [0.05, 0.1) is 10.7 Å².